The number of non-ortho nitro benzene ring substituents is 1. The van der Waals surface area contributed by atoms with Crippen molar-refractivity contribution in [1.82, 2.24) is 10.0 Å². The van der Waals surface area contributed by atoms with Crippen LogP contribution in [0.4, 0.5) is 15.3 Å². The predicted octanol–water partition coefficient (Wildman–Crippen LogP) is 5.68. The first-order valence-electron chi connectivity index (χ1n) is 10.8. The van der Waals surface area contributed by atoms with E-state index in [-0.39, 0.29) is 24.9 Å². The van der Waals surface area contributed by atoms with Gasteiger partial charge in [-0.2, -0.15) is 0 Å². The van der Waals surface area contributed by atoms with Crippen LogP contribution in [-0.2, 0) is 22.6 Å². The van der Waals surface area contributed by atoms with E-state index < -0.39 is 22.7 Å². The summed E-state index contributed by atoms with van der Waals surface area (Å²) in [6.45, 7) is 8.91. The third kappa shape index (κ3) is 7.78. The predicted molar refractivity (Wildman–Crippen MR) is 123 cm³/mol. The first-order chi connectivity index (χ1) is 15.5. The number of carbonyl (C=O) groups excluding carboxylic acids is 2. The molecule has 1 atom stereocenters. The lowest BCUT2D eigenvalue weighted by Crippen LogP contribution is -2.54. The van der Waals surface area contributed by atoms with Crippen molar-refractivity contribution in [2.75, 3.05) is 0 Å². The average molecular weight is 458 g/mol. The van der Waals surface area contributed by atoms with E-state index in [4.69, 9.17) is 9.47 Å². The summed E-state index contributed by atoms with van der Waals surface area (Å²) in [6, 6.07) is 14.6. The van der Waals surface area contributed by atoms with Crippen LogP contribution in [0.25, 0.3) is 0 Å². The fraction of sp³-hybridized carbons (Fsp3) is 0.417. The quantitative estimate of drug-likeness (QED) is 0.391. The number of nitrogens with zero attached hydrogens (tertiary/aromatic N) is 3. The topological polar surface area (TPSA) is 102 Å². The number of ether oxygens (including phenoxy) is 2. The van der Waals surface area contributed by atoms with Gasteiger partial charge in [0.2, 0.25) is 0 Å². The van der Waals surface area contributed by atoms with E-state index in [0.717, 1.165) is 5.56 Å². The lowest BCUT2D eigenvalue weighted by atomic mass is 10.2. The number of benzene rings is 2. The highest BCUT2D eigenvalue weighted by molar-refractivity contribution is 5.74. The van der Waals surface area contributed by atoms with Crippen LogP contribution in [0.1, 0.15) is 52.2 Å². The van der Waals surface area contributed by atoms with Crippen LogP contribution in [0, 0.1) is 10.1 Å². The van der Waals surface area contributed by atoms with Gasteiger partial charge in [-0.3, -0.25) is 10.1 Å². The minimum absolute atomic E-state index is 0.0301. The number of hydrogen-bond acceptors (Lipinski definition) is 6. The molecule has 9 nitrogen and oxygen atoms in total. The normalized spacial score (nSPS) is 11.9. The van der Waals surface area contributed by atoms with Crippen molar-refractivity contribution in [3.05, 3.63) is 75.8 Å². The second kappa shape index (κ2) is 11.3. The fourth-order valence-electron chi connectivity index (χ4n) is 2.91. The van der Waals surface area contributed by atoms with Crippen LogP contribution in [0.3, 0.4) is 0 Å². The summed E-state index contributed by atoms with van der Waals surface area (Å²) >= 11 is 0. The molecule has 2 amide bonds. The molecule has 0 aliphatic carbocycles. The first-order valence-corrected chi connectivity index (χ1v) is 10.8. The molecule has 0 radical (unpaired) electrons. The summed E-state index contributed by atoms with van der Waals surface area (Å²) in [5, 5.41) is 13.4. The second-order valence-corrected chi connectivity index (χ2v) is 8.60. The third-order valence-electron chi connectivity index (χ3n) is 4.74. The van der Waals surface area contributed by atoms with Crippen LogP contribution >= 0.6 is 0 Å². The van der Waals surface area contributed by atoms with Crippen LogP contribution in [0.15, 0.2) is 54.6 Å². The highest BCUT2D eigenvalue weighted by Crippen LogP contribution is 2.21. The number of amides is 2. The Balaban J connectivity index is 2.33. The summed E-state index contributed by atoms with van der Waals surface area (Å²) in [7, 11) is 0. The van der Waals surface area contributed by atoms with Crippen molar-refractivity contribution in [2.24, 2.45) is 0 Å². The largest absolute Gasteiger partial charge is 0.443 e. The SMILES string of the molecule is CC[C@H](C)N(C(=O)OCc1ccccc1)N(Cc1ccc([N+](=O)[O-])cc1)C(=O)OC(C)(C)C. The Morgan fingerprint density at radius 1 is 1.00 bits per heavy atom. The zero-order valence-electron chi connectivity index (χ0n) is 19.7. The van der Waals surface area contributed by atoms with E-state index in [1.165, 1.54) is 22.2 Å². The van der Waals surface area contributed by atoms with Crippen LogP contribution in [-0.4, -0.2) is 38.8 Å². The van der Waals surface area contributed by atoms with Gasteiger partial charge in [0.1, 0.15) is 12.2 Å². The standard InChI is InChI=1S/C24H31N3O6/c1-6-18(2)26(23(29)32-17-20-10-8-7-9-11-20)25(22(28)33-24(3,4)5)16-19-12-14-21(15-13-19)27(30)31/h7-15,18H,6,16-17H2,1-5H3/t18-/m0/s1. The lowest BCUT2D eigenvalue weighted by Gasteiger charge is -2.38. The van der Waals surface area contributed by atoms with Crippen LogP contribution < -0.4 is 0 Å². The molecule has 2 aromatic carbocycles. The molecule has 0 unspecified atom stereocenters. The van der Waals surface area contributed by atoms with Crippen molar-refractivity contribution in [1.29, 1.82) is 0 Å². The molecule has 0 saturated heterocycles. The molecule has 9 heteroatoms. The highest BCUT2D eigenvalue weighted by Gasteiger charge is 2.34. The molecule has 178 valence electrons. The van der Waals surface area contributed by atoms with Crippen molar-refractivity contribution in [2.45, 2.75) is 65.8 Å². The number of nitro groups is 1. The summed E-state index contributed by atoms with van der Waals surface area (Å²) in [5.74, 6) is 0. The Labute approximate surface area is 194 Å². The number of nitro benzene ring substituents is 1. The molecule has 0 aliphatic rings. The van der Waals surface area contributed by atoms with E-state index in [9.17, 15) is 19.7 Å². The van der Waals surface area contributed by atoms with Crippen molar-refractivity contribution < 1.29 is 24.0 Å². The van der Waals surface area contributed by atoms with Gasteiger partial charge in [-0.15, -0.1) is 0 Å². The molecule has 0 aliphatic heterocycles. The van der Waals surface area contributed by atoms with Gasteiger partial charge in [-0.25, -0.2) is 19.6 Å². The molecule has 0 aromatic heterocycles. The molecule has 2 aromatic rings. The molecule has 0 bridgehead atoms. The van der Waals surface area contributed by atoms with Gasteiger partial charge < -0.3 is 9.47 Å². The maximum atomic E-state index is 13.1. The Bertz CT molecular complexity index is 941. The summed E-state index contributed by atoms with van der Waals surface area (Å²) in [6.07, 6.45) is -0.862. The molecule has 0 spiro atoms. The molecule has 0 saturated carbocycles. The van der Waals surface area contributed by atoms with E-state index in [1.807, 2.05) is 37.3 Å². The number of rotatable bonds is 7. The van der Waals surface area contributed by atoms with E-state index >= 15 is 0 Å². The highest BCUT2D eigenvalue weighted by atomic mass is 16.6. The third-order valence-corrected chi connectivity index (χ3v) is 4.74. The summed E-state index contributed by atoms with van der Waals surface area (Å²) in [4.78, 5) is 36.7. The van der Waals surface area contributed by atoms with Gasteiger partial charge in [0.05, 0.1) is 17.5 Å². The molecular formula is C24H31N3O6. The molecule has 2 rings (SSSR count). The Hall–Kier alpha value is -3.62. The zero-order valence-corrected chi connectivity index (χ0v) is 19.7. The van der Waals surface area contributed by atoms with Gasteiger partial charge in [0.15, 0.2) is 0 Å². The average Bonchev–Trinajstić information content (AvgIpc) is 2.76. The lowest BCUT2D eigenvalue weighted by molar-refractivity contribution is -0.384. The van der Waals surface area contributed by atoms with Gasteiger partial charge in [0, 0.05) is 12.1 Å². The number of carbonyl (C=O) groups is 2. The second-order valence-electron chi connectivity index (χ2n) is 8.60. The van der Waals surface area contributed by atoms with Crippen molar-refractivity contribution >= 4 is 17.9 Å². The summed E-state index contributed by atoms with van der Waals surface area (Å²) in [5.41, 5.74) is 0.549. The Morgan fingerprint density at radius 2 is 1.61 bits per heavy atom. The van der Waals surface area contributed by atoms with E-state index in [0.29, 0.717) is 12.0 Å². The van der Waals surface area contributed by atoms with Crippen molar-refractivity contribution in [3.8, 4) is 0 Å². The Morgan fingerprint density at radius 3 is 2.12 bits per heavy atom. The molecule has 33 heavy (non-hydrogen) atoms. The van der Waals surface area contributed by atoms with Crippen LogP contribution in [0.2, 0.25) is 0 Å². The monoisotopic (exact) mass is 457 g/mol. The maximum absolute atomic E-state index is 13.1. The van der Waals surface area contributed by atoms with Crippen LogP contribution in [0.5, 0.6) is 0 Å². The molecule has 0 fully saturated rings. The minimum Gasteiger partial charge on any atom is -0.443 e. The Kier molecular flexibility index (Phi) is 8.78. The molecular weight excluding hydrogens is 426 g/mol. The first kappa shape index (κ1) is 25.6. The van der Waals surface area contributed by atoms with Gasteiger partial charge >= 0.3 is 12.2 Å². The molecule has 0 N–H and O–H groups in total. The van der Waals surface area contributed by atoms with Gasteiger partial charge in [-0.05, 0) is 45.2 Å². The zero-order chi connectivity index (χ0) is 24.6. The van der Waals surface area contributed by atoms with Gasteiger partial charge in [-0.1, -0.05) is 49.4 Å². The van der Waals surface area contributed by atoms with E-state index in [2.05, 4.69) is 0 Å². The molecule has 0 heterocycles. The van der Waals surface area contributed by atoms with E-state index in [1.54, 1.807) is 39.8 Å². The van der Waals surface area contributed by atoms with Gasteiger partial charge in [0.25, 0.3) is 5.69 Å². The fourth-order valence-corrected chi connectivity index (χ4v) is 2.91. The maximum Gasteiger partial charge on any atom is 0.429 e. The smallest absolute Gasteiger partial charge is 0.429 e. The summed E-state index contributed by atoms with van der Waals surface area (Å²) < 4.78 is 11.1. The number of hydrogen-bond donors (Lipinski definition) is 0. The number of hydrazine groups is 1. The minimum atomic E-state index is -0.792. The van der Waals surface area contributed by atoms with Crippen molar-refractivity contribution in [3.63, 3.8) is 0 Å².